The first-order valence-corrected chi connectivity index (χ1v) is 11.5. The van der Waals surface area contributed by atoms with Gasteiger partial charge >= 0.3 is 11.7 Å². The van der Waals surface area contributed by atoms with Crippen molar-refractivity contribution in [2.24, 2.45) is 7.05 Å². The Morgan fingerprint density at radius 3 is 2.85 bits per heavy atom. The molecule has 0 aliphatic carbocycles. The van der Waals surface area contributed by atoms with Crippen molar-refractivity contribution in [1.29, 1.82) is 0 Å². The van der Waals surface area contributed by atoms with Crippen LogP contribution in [0.25, 0.3) is 0 Å². The summed E-state index contributed by atoms with van der Waals surface area (Å²) in [5, 5.41) is 38.0. The molecule has 2 aliphatic heterocycles. The van der Waals surface area contributed by atoms with Crippen LogP contribution >= 0.6 is 23.5 Å². The quantitative estimate of drug-likeness (QED) is 0.205. The van der Waals surface area contributed by atoms with Gasteiger partial charge in [0, 0.05) is 18.6 Å². The number of carbonyl (C=O) groups is 3. The van der Waals surface area contributed by atoms with Crippen LogP contribution in [0.2, 0.25) is 0 Å². The highest BCUT2D eigenvalue weighted by Gasteiger charge is 2.54. The van der Waals surface area contributed by atoms with Crippen LogP contribution in [0.3, 0.4) is 0 Å². The number of aryl methyl sites for hydroxylation is 1. The van der Waals surface area contributed by atoms with Crippen LogP contribution < -0.4 is 5.32 Å². The fourth-order valence-electron chi connectivity index (χ4n) is 3.32. The van der Waals surface area contributed by atoms with Gasteiger partial charge in [0.2, 0.25) is 11.1 Å². The summed E-state index contributed by atoms with van der Waals surface area (Å²) in [4.78, 5) is 48.7. The summed E-state index contributed by atoms with van der Waals surface area (Å²) in [5.41, 5.74) is 0.182. The van der Waals surface area contributed by atoms with Crippen LogP contribution in [-0.2, 0) is 21.4 Å². The van der Waals surface area contributed by atoms with Gasteiger partial charge in [0.25, 0.3) is 5.91 Å². The summed E-state index contributed by atoms with van der Waals surface area (Å²) in [6.45, 7) is 1.49. The molecule has 3 atom stereocenters. The lowest BCUT2D eigenvalue weighted by Gasteiger charge is -2.49. The summed E-state index contributed by atoms with van der Waals surface area (Å²) in [5.74, 6) is -1.71. The Hall–Kier alpha value is -3.47. The van der Waals surface area contributed by atoms with Crippen LogP contribution in [-0.4, -0.2) is 85.6 Å². The maximum atomic E-state index is 12.8. The number of hydrogen-bond donors (Lipinski definition) is 2. The van der Waals surface area contributed by atoms with Gasteiger partial charge in [-0.1, -0.05) is 11.8 Å². The van der Waals surface area contributed by atoms with Crippen molar-refractivity contribution >= 4 is 47.0 Å². The molecule has 0 saturated carbocycles. The topological polar surface area (TPSA) is 191 Å². The number of nitrogens with zero attached hydrogens (tertiary/aromatic N) is 8. The number of aromatic nitrogens is 6. The summed E-state index contributed by atoms with van der Waals surface area (Å²) < 4.78 is 2.59. The van der Waals surface area contributed by atoms with E-state index in [1.807, 2.05) is 0 Å². The van der Waals surface area contributed by atoms with E-state index in [9.17, 15) is 29.6 Å². The molecule has 15 nitrogen and oxygen atoms in total. The summed E-state index contributed by atoms with van der Waals surface area (Å²) >= 11 is 2.59. The number of nitrogens with one attached hydrogen (secondary N) is 1. The number of aliphatic carboxylic acids is 1. The average molecular weight is 496 g/mol. The minimum atomic E-state index is -1.23. The molecule has 2 amide bonds. The highest BCUT2D eigenvalue weighted by molar-refractivity contribution is 8.01. The van der Waals surface area contributed by atoms with Gasteiger partial charge in [-0.05, 0) is 22.9 Å². The second kappa shape index (κ2) is 8.81. The van der Waals surface area contributed by atoms with Gasteiger partial charge < -0.3 is 10.4 Å². The van der Waals surface area contributed by atoms with Crippen molar-refractivity contribution < 1.29 is 24.4 Å². The largest absolute Gasteiger partial charge is 0.477 e. The number of carboxylic acids is 1. The van der Waals surface area contributed by atoms with Gasteiger partial charge in [0.15, 0.2) is 0 Å². The molecule has 4 rings (SSSR count). The Bertz CT molecular complexity index is 1180. The Balaban J connectivity index is 1.45. The standard InChI is InChI=1S/C16H17N9O6S2/c1-7(23-4-9(3-17-23)25(30)31)12(26)18-10-13(27)24-11(15(28)29)8(5-32-14(10)24)6-33-16-19-20-21-22(16)2/h3-4,7,10,14H,5-6H2,1-2H3,(H,18,26)(H,28,29)/t7-,10+,14+/m1/s1. The molecular formula is C16H17N9O6S2. The third kappa shape index (κ3) is 4.15. The first-order valence-electron chi connectivity index (χ1n) is 9.43. The lowest BCUT2D eigenvalue weighted by molar-refractivity contribution is -0.385. The van der Waals surface area contributed by atoms with E-state index in [0.29, 0.717) is 16.5 Å². The van der Waals surface area contributed by atoms with E-state index in [2.05, 4.69) is 25.9 Å². The van der Waals surface area contributed by atoms with Crippen molar-refractivity contribution in [2.45, 2.75) is 29.5 Å². The van der Waals surface area contributed by atoms with Crippen LogP contribution in [0.1, 0.15) is 13.0 Å². The van der Waals surface area contributed by atoms with Crippen LogP contribution in [0.15, 0.2) is 28.8 Å². The molecule has 4 heterocycles. The molecule has 0 radical (unpaired) electrons. The Labute approximate surface area is 193 Å². The van der Waals surface area contributed by atoms with Gasteiger partial charge in [-0.3, -0.25) is 29.3 Å². The molecule has 2 aromatic rings. The minimum absolute atomic E-state index is 0.104. The SMILES string of the molecule is C[C@H](C(=O)N[C@H]1C(=O)N2C(C(=O)O)=C(CSc3nnnn3C)CS[C@@H]12)n1cc([N+](=O)[O-])cn1. The highest BCUT2D eigenvalue weighted by atomic mass is 32.2. The van der Waals surface area contributed by atoms with E-state index in [1.54, 1.807) is 7.05 Å². The van der Waals surface area contributed by atoms with Gasteiger partial charge in [-0.2, -0.15) is 5.10 Å². The van der Waals surface area contributed by atoms with Crippen molar-refractivity contribution in [3.8, 4) is 0 Å². The molecule has 33 heavy (non-hydrogen) atoms. The maximum absolute atomic E-state index is 12.8. The molecule has 0 unspecified atom stereocenters. The number of amides is 2. The Morgan fingerprint density at radius 2 is 2.24 bits per heavy atom. The Kier molecular flexibility index (Phi) is 6.07. The molecule has 17 heteroatoms. The molecule has 2 aliphatic rings. The number of tetrazole rings is 1. The van der Waals surface area contributed by atoms with E-state index in [1.165, 1.54) is 40.0 Å². The number of fused-ring (bicyclic) bond motifs is 1. The molecule has 174 valence electrons. The molecule has 1 fully saturated rings. The zero-order chi connectivity index (χ0) is 23.9. The van der Waals surface area contributed by atoms with Crippen molar-refractivity contribution in [3.05, 3.63) is 33.8 Å². The zero-order valence-corrected chi connectivity index (χ0v) is 18.8. The number of hydrogen-bond acceptors (Lipinski definition) is 11. The number of carboxylic acid groups (broad SMARTS) is 1. The molecule has 1 saturated heterocycles. The number of β-lactam (4-membered cyclic amide) rings is 1. The lowest BCUT2D eigenvalue weighted by atomic mass is 10.0. The third-order valence-electron chi connectivity index (χ3n) is 5.08. The van der Waals surface area contributed by atoms with Crippen LogP contribution in [0.4, 0.5) is 5.69 Å². The fourth-order valence-corrected chi connectivity index (χ4v) is 5.65. The van der Waals surface area contributed by atoms with Gasteiger partial charge in [0.05, 0.1) is 4.92 Å². The average Bonchev–Trinajstić information content (AvgIpc) is 3.43. The third-order valence-corrected chi connectivity index (χ3v) is 7.52. The molecule has 0 aromatic carbocycles. The molecule has 2 N–H and O–H groups in total. The molecule has 2 aromatic heterocycles. The van der Waals surface area contributed by atoms with E-state index in [4.69, 9.17) is 0 Å². The smallest absolute Gasteiger partial charge is 0.352 e. The van der Waals surface area contributed by atoms with Crippen molar-refractivity contribution in [2.75, 3.05) is 11.5 Å². The normalized spacial score (nSPS) is 20.8. The van der Waals surface area contributed by atoms with E-state index in [0.717, 1.165) is 17.1 Å². The molecule has 0 bridgehead atoms. The second-order valence-corrected chi connectivity index (χ2v) is 9.19. The maximum Gasteiger partial charge on any atom is 0.352 e. The lowest BCUT2D eigenvalue weighted by Crippen LogP contribution is -2.71. The molecule has 0 spiro atoms. The number of rotatable bonds is 8. The number of carbonyl (C=O) groups excluding carboxylic acids is 2. The van der Waals surface area contributed by atoms with Gasteiger partial charge in [0.1, 0.15) is 35.5 Å². The van der Waals surface area contributed by atoms with Crippen LogP contribution in [0.5, 0.6) is 0 Å². The first kappa shape index (κ1) is 22.7. The summed E-state index contributed by atoms with van der Waals surface area (Å²) in [6.07, 6.45) is 2.15. The van der Waals surface area contributed by atoms with Crippen molar-refractivity contribution in [1.82, 2.24) is 40.2 Å². The first-order chi connectivity index (χ1) is 15.7. The highest BCUT2D eigenvalue weighted by Crippen LogP contribution is 2.41. The minimum Gasteiger partial charge on any atom is -0.477 e. The fraction of sp³-hybridized carbons (Fsp3) is 0.438. The molecular weight excluding hydrogens is 478 g/mol. The zero-order valence-electron chi connectivity index (χ0n) is 17.2. The van der Waals surface area contributed by atoms with Crippen molar-refractivity contribution in [3.63, 3.8) is 0 Å². The van der Waals surface area contributed by atoms with Gasteiger partial charge in [-0.15, -0.1) is 16.9 Å². The predicted octanol–water partition coefficient (Wildman–Crippen LogP) is -0.593. The summed E-state index contributed by atoms with van der Waals surface area (Å²) in [6, 6.07) is -1.82. The van der Waals surface area contributed by atoms with E-state index >= 15 is 0 Å². The van der Waals surface area contributed by atoms with E-state index < -0.39 is 40.2 Å². The van der Waals surface area contributed by atoms with E-state index in [-0.39, 0.29) is 17.1 Å². The predicted molar refractivity (Wildman–Crippen MR) is 113 cm³/mol. The summed E-state index contributed by atoms with van der Waals surface area (Å²) in [7, 11) is 1.66. The number of nitro groups is 1. The monoisotopic (exact) mass is 495 g/mol. The van der Waals surface area contributed by atoms with Gasteiger partial charge in [-0.25, -0.2) is 9.48 Å². The Morgan fingerprint density at radius 1 is 1.48 bits per heavy atom. The van der Waals surface area contributed by atoms with Crippen LogP contribution in [0, 0.1) is 10.1 Å². The number of thioether (sulfide) groups is 2. The second-order valence-electron chi connectivity index (χ2n) is 7.14.